The number of carbonyl (C=O) groups excluding carboxylic acids is 1. The molecule has 0 radical (unpaired) electrons. The minimum absolute atomic E-state index is 0.0392. The number of fused-ring (bicyclic) bond motifs is 5. The number of allylic oxidation sites excluding steroid dienone is 1. The van der Waals surface area contributed by atoms with E-state index in [-0.39, 0.29) is 23.3 Å². The van der Waals surface area contributed by atoms with Gasteiger partial charge in [0.1, 0.15) is 11.9 Å². The summed E-state index contributed by atoms with van der Waals surface area (Å²) in [6.07, 6.45) is 19.7. The molecule has 4 aliphatic rings. The van der Waals surface area contributed by atoms with Gasteiger partial charge in [-0.25, -0.2) is 9.18 Å². The van der Waals surface area contributed by atoms with Crippen molar-refractivity contribution >= 4 is 12.0 Å². The van der Waals surface area contributed by atoms with Crippen molar-refractivity contribution < 1.29 is 13.9 Å². The van der Waals surface area contributed by atoms with Gasteiger partial charge >= 0.3 is 5.97 Å². The van der Waals surface area contributed by atoms with E-state index in [1.165, 1.54) is 69.6 Å². The molecular weight excluding hydrogens is 483 g/mol. The highest BCUT2D eigenvalue weighted by Gasteiger charge is 2.59. The fourth-order valence-corrected chi connectivity index (χ4v) is 9.69. The zero-order valence-corrected chi connectivity index (χ0v) is 25.1. The molecule has 2 nitrogen and oxygen atoms in total. The third-order valence-electron chi connectivity index (χ3n) is 11.8. The number of rotatable bonds is 8. The van der Waals surface area contributed by atoms with Gasteiger partial charge in [-0.2, -0.15) is 0 Å². The van der Waals surface area contributed by atoms with Crippen molar-refractivity contribution in [3.05, 3.63) is 53.4 Å². The van der Waals surface area contributed by atoms with Crippen molar-refractivity contribution in [1.82, 2.24) is 0 Å². The van der Waals surface area contributed by atoms with Gasteiger partial charge in [-0.05, 0) is 115 Å². The Labute approximate surface area is 236 Å². The second-order valence-electron chi connectivity index (χ2n) is 14.5. The average molecular weight is 535 g/mol. The molecular formula is C36H51FO2. The van der Waals surface area contributed by atoms with Gasteiger partial charge in [-0.15, -0.1) is 0 Å². The van der Waals surface area contributed by atoms with Gasteiger partial charge in [0.2, 0.25) is 0 Å². The van der Waals surface area contributed by atoms with Crippen molar-refractivity contribution in [2.75, 3.05) is 0 Å². The van der Waals surface area contributed by atoms with Crippen molar-refractivity contribution in [1.29, 1.82) is 0 Å². The van der Waals surface area contributed by atoms with E-state index in [0.717, 1.165) is 60.3 Å². The molecule has 0 aromatic heterocycles. The highest BCUT2D eigenvalue weighted by Crippen LogP contribution is 2.67. The molecule has 0 spiro atoms. The molecule has 0 aliphatic heterocycles. The number of benzene rings is 1. The van der Waals surface area contributed by atoms with Crippen LogP contribution in [0.1, 0.15) is 111 Å². The summed E-state index contributed by atoms with van der Waals surface area (Å²) in [5, 5.41) is 0. The van der Waals surface area contributed by atoms with Crippen LogP contribution in [0.25, 0.3) is 6.08 Å². The molecule has 0 N–H and O–H groups in total. The third kappa shape index (κ3) is 5.80. The first-order chi connectivity index (χ1) is 18.6. The molecule has 1 aromatic rings. The maximum atomic E-state index is 13.1. The zero-order chi connectivity index (χ0) is 27.8. The van der Waals surface area contributed by atoms with Crippen LogP contribution in [-0.2, 0) is 9.53 Å². The normalized spacial score (nSPS) is 36.7. The van der Waals surface area contributed by atoms with Gasteiger partial charge in [-0.1, -0.05) is 77.7 Å². The Morgan fingerprint density at radius 3 is 2.54 bits per heavy atom. The highest BCUT2D eigenvalue weighted by molar-refractivity contribution is 5.87. The number of esters is 1. The van der Waals surface area contributed by atoms with E-state index in [1.807, 2.05) is 0 Å². The molecule has 5 rings (SSSR count). The van der Waals surface area contributed by atoms with Crippen LogP contribution in [0.2, 0.25) is 0 Å². The minimum atomic E-state index is -0.296. The fraction of sp³-hybridized carbons (Fsp3) is 0.694. The summed E-state index contributed by atoms with van der Waals surface area (Å²) in [7, 11) is 0. The minimum Gasteiger partial charge on any atom is -0.459 e. The van der Waals surface area contributed by atoms with Crippen LogP contribution in [0.4, 0.5) is 4.39 Å². The lowest BCUT2D eigenvalue weighted by Crippen LogP contribution is -2.51. The number of carbonyl (C=O) groups is 1. The van der Waals surface area contributed by atoms with Gasteiger partial charge in [-0.3, -0.25) is 0 Å². The number of halogens is 1. The summed E-state index contributed by atoms with van der Waals surface area (Å²) in [6.45, 7) is 12.5. The van der Waals surface area contributed by atoms with Gasteiger partial charge in [0.05, 0.1) is 0 Å². The van der Waals surface area contributed by atoms with Crippen LogP contribution in [-0.4, -0.2) is 12.1 Å². The number of hydrogen-bond acceptors (Lipinski definition) is 2. The Morgan fingerprint density at radius 2 is 1.79 bits per heavy atom. The third-order valence-corrected chi connectivity index (χ3v) is 11.8. The van der Waals surface area contributed by atoms with E-state index >= 15 is 0 Å². The highest BCUT2D eigenvalue weighted by atomic mass is 19.1. The Kier molecular flexibility index (Phi) is 8.46. The Hall–Kier alpha value is -1.90. The van der Waals surface area contributed by atoms with Crippen molar-refractivity contribution in [3.63, 3.8) is 0 Å². The van der Waals surface area contributed by atoms with Crippen LogP contribution < -0.4 is 0 Å². The van der Waals surface area contributed by atoms with Crippen LogP contribution in [0.3, 0.4) is 0 Å². The molecule has 3 heteroatoms. The largest absolute Gasteiger partial charge is 0.459 e. The summed E-state index contributed by atoms with van der Waals surface area (Å²) in [5.74, 6) is 4.47. The monoisotopic (exact) mass is 534 g/mol. The van der Waals surface area contributed by atoms with E-state index in [1.54, 1.807) is 23.8 Å². The molecule has 214 valence electrons. The van der Waals surface area contributed by atoms with Gasteiger partial charge in [0, 0.05) is 12.5 Å². The Balaban J connectivity index is 1.21. The summed E-state index contributed by atoms with van der Waals surface area (Å²) in [6, 6.07) is 6.15. The molecule has 39 heavy (non-hydrogen) atoms. The summed E-state index contributed by atoms with van der Waals surface area (Å²) >= 11 is 0. The molecule has 1 aromatic carbocycles. The first-order valence-electron chi connectivity index (χ1n) is 15.9. The van der Waals surface area contributed by atoms with Gasteiger partial charge in [0.15, 0.2) is 0 Å². The maximum Gasteiger partial charge on any atom is 0.331 e. The van der Waals surface area contributed by atoms with E-state index in [2.05, 4.69) is 40.7 Å². The second-order valence-corrected chi connectivity index (χ2v) is 14.5. The zero-order valence-electron chi connectivity index (χ0n) is 25.1. The molecule has 0 saturated heterocycles. The molecule has 3 saturated carbocycles. The van der Waals surface area contributed by atoms with Crippen molar-refractivity contribution in [2.24, 2.45) is 46.3 Å². The predicted octanol–water partition coefficient (Wildman–Crippen LogP) is 9.79. The van der Waals surface area contributed by atoms with Crippen LogP contribution in [0.15, 0.2) is 42.0 Å². The average Bonchev–Trinajstić information content (AvgIpc) is 3.25. The molecule has 0 heterocycles. The Bertz CT molecular complexity index is 1070. The van der Waals surface area contributed by atoms with E-state index in [0.29, 0.717) is 5.41 Å². The van der Waals surface area contributed by atoms with Crippen molar-refractivity contribution in [2.45, 2.75) is 111 Å². The number of hydrogen-bond donors (Lipinski definition) is 0. The quantitative estimate of drug-likeness (QED) is 0.188. The van der Waals surface area contributed by atoms with Crippen LogP contribution >= 0.6 is 0 Å². The number of ether oxygens (including phenoxy) is 1. The molecule has 3 fully saturated rings. The summed E-state index contributed by atoms with van der Waals surface area (Å²) in [4.78, 5) is 12.6. The van der Waals surface area contributed by atoms with Crippen LogP contribution in [0.5, 0.6) is 0 Å². The summed E-state index contributed by atoms with van der Waals surface area (Å²) in [5.41, 5.74) is 3.13. The molecule has 8 unspecified atom stereocenters. The standard InChI is InChI=1S/C36H51FO2/c1-24(2)7-6-8-25(3)31-16-17-32-30-15-12-27-23-29(19-21-35(27,4)33(30)20-22-36(31,32)5)39-34(38)18-11-26-9-13-28(37)14-10-26/h9-14,18,24-25,29-33H,6-8,15-17,19-23H2,1-5H3/b18-11+. The maximum absolute atomic E-state index is 13.1. The topological polar surface area (TPSA) is 26.3 Å². The van der Waals surface area contributed by atoms with E-state index in [4.69, 9.17) is 4.74 Å². The smallest absolute Gasteiger partial charge is 0.331 e. The van der Waals surface area contributed by atoms with E-state index < -0.39 is 0 Å². The SMILES string of the molecule is CC(C)CCCC(C)C1CCC2C3CC=C4CC(OC(=O)/C=C/c5ccc(F)cc5)CCC4(C)C3CCC12C. The van der Waals surface area contributed by atoms with Crippen molar-refractivity contribution in [3.8, 4) is 0 Å². The molecule has 0 amide bonds. The van der Waals surface area contributed by atoms with Gasteiger partial charge in [0.25, 0.3) is 0 Å². The first-order valence-corrected chi connectivity index (χ1v) is 15.9. The lowest BCUT2D eigenvalue weighted by Gasteiger charge is -2.58. The molecule has 8 atom stereocenters. The molecule has 0 bridgehead atoms. The first kappa shape index (κ1) is 28.6. The Morgan fingerprint density at radius 1 is 1.03 bits per heavy atom. The predicted molar refractivity (Wildman–Crippen MR) is 158 cm³/mol. The van der Waals surface area contributed by atoms with E-state index in [9.17, 15) is 9.18 Å². The van der Waals surface area contributed by atoms with Gasteiger partial charge < -0.3 is 4.74 Å². The second kappa shape index (κ2) is 11.5. The lowest BCUT2D eigenvalue weighted by molar-refractivity contribution is -0.145. The lowest BCUT2D eigenvalue weighted by atomic mass is 9.47. The fourth-order valence-electron chi connectivity index (χ4n) is 9.69. The van der Waals surface area contributed by atoms with Crippen LogP contribution in [0, 0.1) is 52.2 Å². The summed E-state index contributed by atoms with van der Waals surface area (Å²) < 4.78 is 19.0. The molecule has 4 aliphatic carbocycles.